The maximum absolute atomic E-state index is 15.2. The molecule has 0 aliphatic carbocycles. The molecule has 0 aromatic heterocycles. The molecule has 11 heteroatoms. The zero-order valence-electron chi connectivity index (χ0n) is 18.3. The number of rotatable bonds is 8. The molecule has 1 aromatic rings. The van der Waals surface area contributed by atoms with E-state index in [-0.39, 0.29) is 5.56 Å². The van der Waals surface area contributed by atoms with Crippen molar-refractivity contribution in [2.24, 2.45) is 5.92 Å². The second-order valence-electron chi connectivity index (χ2n) is 8.13. The fraction of sp³-hybridized carbons (Fsp3) is 0.619. The first-order valence-electron chi connectivity index (χ1n) is 10.2. The number of hydrogen-bond donors (Lipinski definition) is 5. The van der Waals surface area contributed by atoms with Gasteiger partial charge >= 0.3 is 0 Å². The van der Waals surface area contributed by atoms with Gasteiger partial charge in [0.2, 0.25) is 11.8 Å². The summed E-state index contributed by atoms with van der Waals surface area (Å²) in [5.41, 5.74) is 0.117. The maximum Gasteiger partial charge on any atom is 0.251 e. The van der Waals surface area contributed by atoms with Crippen molar-refractivity contribution in [2.45, 2.75) is 63.2 Å². The fourth-order valence-electron chi connectivity index (χ4n) is 3.36. The number of nitrogens with one attached hydrogen (secondary N) is 2. The molecule has 1 aromatic carbocycles. The first kappa shape index (κ1) is 25.9. The number of amides is 2. The minimum Gasteiger partial charge on any atom is -0.497 e. The summed E-state index contributed by atoms with van der Waals surface area (Å²) in [6, 6.07) is 2.72. The van der Waals surface area contributed by atoms with E-state index in [9.17, 15) is 29.3 Å². The lowest BCUT2D eigenvalue weighted by Crippen LogP contribution is -2.72. The van der Waals surface area contributed by atoms with Crippen LogP contribution in [0.25, 0.3) is 0 Å². The molecular weight excluding hydrogens is 430 g/mol. The molecule has 1 saturated heterocycles. The van der Waals surface area contributed by atoms with E-state index in [2.05, 4.69) is 10.6 Å². The average molecular weight is 460 g/mol. The lowest BCUT2D eigenvalue weighted by atomic mass is 9.86. The van der Waals surface area contributed by atoms with E-state index < -0.39 is 66.8 Å². The van der Waals surface area contributed by atoms with Crippen LogP contribution in [0.3, 0.4) is 0 Å². The van der Waals surface area contributed by atoms with Crippen LogP contribution < -0.4 is 15.4 Å². The number of alkyl halides is 2. The van der Waals surface area contributed by atoms with Crippen LogP contribution in [0.2, 0.25) is 0 Å². The summed E-state index contributed by atoms with van der Waals surface area (Å²) >= 11 is 0. The number of aliphatic hydroxyl groups excluding tert-OH is 3. The zero-order chi connectivity index (χ0) is 24.2. The van der Waals surface area contributed by atoms with E-state index in [1.807, 2.05) is 0 Å². The highest BCUT2D eigenvalue weighted by Crippen LogP contribution is 2.35. The van der Waals surface area contributed by atoms with Crippen molar-refractivity contribution in [1.82, 2.24) is 10.6 Å². The summed E-state index contributed by atoms with van der Waals surface area (Å²) in [4.78, 5) is 25.1. The van der Waals surface area contributed by atoms with Crippen molar-refractivity contribution < 1.29 is 43.2 Å². The zero-order valence-corrected chi connectivity index (χ0v) is 18.3. The number of hydrogen-bond acceptors (Lipinski definition) is 7. The van der Waals surface area contributed by atoms with Crippen molar-refractivity contribution in [3.63, 3.8) is 0 Å². The largest absolute Gasteiger partial charge is 0.497 e. The van der Waals surface area contributed by atoms with Crippen LogP contribution in [0, 0.1) is 5.92 Å². The Bertz CT molecular complexity index is 791. The van der Waals surface area contributed by atoms with Gasteiger partial charge in [0.25, 0.3) is 5.91 Å². The second-order valence-corrected chi connectivity index (χ2v) is 8.13. The van der Waals surface area contributed by atoms with Gasteiger partial charge < -0.3 is 35.4 Å². The summed E-state index contributed by atoms with van der Waals surface area (Å²) in [7, 11) is 1.45. The van der Waals surface area contributed by atoms with Crippen molar-refractivity contribution >= 4 is 11.8 Å². The molecule has 180 valence electrons. The first-order chi connectivity index (χ1) is 14.9. The Morgan fingerprint density at radius 3 is 2.28 bits per heavy atom. The van der Waals surface area contributed by atoms with Crippen molar-refractivity contribution in [1.29, 1.82) is 0 Å². The van der Waals surface area contributed by atoms with Gasteiger partial charge in [-0.05, 0) is 31.2 Å². The topological polar surface area (TPSA) is 137 Å². The number of methoxy groups -OCH3 is 1. The van der Waals surface area contributed by atoms with Gasteiger partial charge in [0.15, 0.2) is 6.17 Å². The maximum atomic E-state index is 15.2. The van der Waals surface area contributed by atoms with E-state index in [0.29, 0.717) is 5.75 Å². The Balaban J connectivity index is 2.41. The normalized spacial score (nSPS) is 29.8. The van der Waals surface area contributed by atoms with E-state index >= 15 is 4.39 Å². The Morgan fingerprint density at radius 2 is 1.78 bits per heavy atom. The lowest BCUT2D eigenvalue weighted by molar-refractivity contribution is -0.272. The predicted octanol–water partition coefficient (Wildman–Crippen LogP) is 0.0711. The summed E-state index contributed by atoms with van der Waals surface area (Å²) in [6.07, 6.45) is -7.76. The Labute approximate surface area is 184 Å². The number of carbonyl (C=O) groups is 2. The quantitative estimate of drug-likeness (QED) is 0.370. The molecule has 2 rings (SSSR count). The van der Waals surface area contributed by atoms with Crippen LogP contribution >= 0.6 is 0 Å². The molecule has 1 fully saturated rings. The van der Waals surface area contributed by atoms with Crippen molar-refractivity contribution in [2.75, 3.05) is 13.7 Å². The van der Waals surface area contributed by atoms with Gasteiger partial charge in [-0.15, -0.1) is 0 Å². The van der Waals surface area contributed by atoms with E-state index in [4.69, 9.17) is 9.47 Å². The first-order valence-corrected chi connectivity index (χ1v) is 10.2. The molecule has 5 N–H and O–H groups in total. The molecular formula is C21H30F2N2O7. The Hall–Kier alpha value is -2.34. The molecule has 32 heavy (non-hydrogen) atoms. The molecule has 9 nitrogen and oxygen atoms in total. The van der Waals surface area contributed by atoms with Crippen LogP contribution in [0.1, 0.15) is 31.1 Å². The molecule has 1 aliphatic heterocycles. The van der Waals surface area contributed by atoms with Gasteiger partial charge in [-0.3, -0.25) is 9.59 Å². The monoisotopic (exact) mass is 460 g/mol. The van der Waals surface area contributed by atoms with Crippen LogP contribution in [0.5, 0.6) is 5.75 Å². The Kier molecular flexibility index (Phi) is 8.52. The summed E-state index contributed by atoms with van der Waals surface area (Å²) in [5.74, 6) is -4.40. The van der Waals surface area contributed by atoms with Gasteiger partial charge in [-0.25, -0.2) is 8.78 Å². The van der Waals surface area contributed by atoms with E-state index in [1.54, 1.807) is 13.8 Å². The highest BCUT2D eigenvalue weighted by atomic mass is 19.2. The highest BCUT2D eigenvalue weighted by Gasteiger charge is 2.57. The molecule has 0 saturated carbocycles. The van der Waals surface area contributed by atoms with Crippen molar-refractivity contribution in [3.8, 4) is 5.75 Å². The van der Waals surface area contributed by atoms with Gasteiger partial charge in [-0.2, -0.15) is 0 Å². The van der Waals surface area contributed by atoms with E-state index in [0.717, 1.165) is 6.92 Å². The van der Waals surface area contributed by atoms with E-state index in [1.165, 1.54) is 31.4 Å². The third kappa shape index (κ3) is 5.71. The smallest absolute Gasteiger partial charge is 0.251 e. The second kappa shape index (κ2) is 10.5. The highest BCUT2D eigenvalue weighted by molar-refractivity contribution is 5.94. The fourth-order valence-corrected chi connectivity index (χ4v) is 3.36. The molecule has 0 bridgehead atoms. The minimum atomic E-state index is -2.97. The number of carbonyl (C=O) groups excluding carboxylic acids is 2. The van der Waals surface area contributed by atoms with Crippen LogP contribution in [-0.4, -0.2) is 83.3 Å². The van der Waals surface area contributed by atoms with Crippen LogP contribution in [0.15, 0.2) is 24.3 Å². The van der Waals surface area contributed by atoms with Crippen molar-refractivity contribution in [3.05, 3.63) is 29.8 Å². The van der Waals surface area contributed by atoms with Gasteiger partial charge in [0.05, 0.1) is 25.8 Å². The third-order valence-corrected chi connectivity index (χ3v) is 5.32. The minimum absolute atomic E-state index is 0.117. The van der Waals surface area contributed by atoms with Gasteiger partial charge in [-0.1, -0.05) is 13.8 Å². The molecule has 2 unspecified atom stereocenters. The molecule has 1 heterocycles. The molecule has 1 aliphatic rings. The number of halogens is 2. The molecule has 0 spiro atoms. The summed E-state index contributed by atoms with van der Waals surface area (Å²) in [5, 5.41) is 34.3. The van der Waals surface area contributed by atoms with Gasteiger partial charge in [0.1, 0.15) is 24.1 Å². The summed E-state index contributed by atoms with van der Waals surface area (Å²) < 4.78 is 40.2. The molecule has 7 atom stereocenters. The third-order valence-electron chi connectivity index (χ3n) is 5.32. The van der Waals surface area contributed by atoms with Crippen LogP contribution in [-0.2, 0) is 9.53 Å². The lowest BCUT2D eigenvalue weighted by Gasteiger charge is -2.48. The van der Waals surface area contributed by atoms with Gasteiger partial charge in [0, 0.05) is 11.5 Å². The molecule has 2 amide bonds. The van der Waals surface area contributed by atoms with Crippen LogP contribution in [0.4, 0.5) is 8.78 Å². The Morgan fingerprint density at radius 1 is 1.19 bits per heavy atom. The molecule has 0 radical (unpaired) electrons. The average Bonchev–Trinajstić information content (AvgIpc) is 2.77. The SMILES string of the molecule is COc1ccc(C(=O)N[C@H]2C(F)C(C)(F)O[C@@H]([C@H](O)[C@H](O)CO)[C@@H]2NC(=O)C(C)C)cc1. The number of benzene rings is 1. The predicted molar refractivity (Wildman–Crippen MR) is 109 cm³/mol. The standard InChI is InChI=1S/C21H30F2N2O7/c1-10(2)19(29)24-14-15(25-20(30)11-5-7-12(31-4)8-6-11)18(22)21(3,23)32-17(14)16(28)13(27)9-26/h5-8,10,13-18,26-28H,9H2,1-4H3,(H,24,29)(H,25,30)/t13-,14-,15-,16-,17-,18?,21?/m1/s1. The summed E-state index contributed by atoms with van der Waals surface area (Å²) in [6.45, 7) is 3.00. The number of ether oxygens (including phenoxy) is 2. The number of aliphatic hydroxyl groups is 3.